The highest BCUT2D eigenvalue weighted by molar-refractivity contribution is 5.92. The van der Waals surface area contributed by atoms with E-state index < -0.39 is 12.0 Å². The molecule has 202 valence electrons. The van der Waals surface area contributed by atoms with Gasteiger partial charge in [-0.05, 0) is 73.0 Å². The molecule has 11 heteroatoms. The fourth-order valence-corrected chi connectivity index (χ4v) is 3.86. The number of carbonyl (C=O) groups excluding carboxylic acids is 2. The van der Waals surface area contributed by atoms with Crippen molar-refractivity contribution in [2.45, 2.75) is 26.7 Å². The summed E-state index contributed by atoms with van der Waals surface area (Å²) in [5.41, 5.74) is 1.49. The van der Waals surface area contributed by atoms with Gasteiger partial charge in [-0.15, -0.1) is 10.2 Å². The molecule has 0 aliphatic rings. The number of ether oxygens (including phenoxy) is 2. The zero-order chi connectivity index (χ0) is 28.1. The van der Waals surface area contributed by atoms with Crippen LogP contribution in [0.25, 0.3) is 17.1 Å². The van der Waals surface area contributed by atoms with Gasteiger partial charge in [-0.1, -0.05) is 13.8 Å². The molecule has 1 aromatic heterocycles. The van der Waals surface area contributed by atoms with Gasteiger partial charge >= 0.3 is 6.09 Å². The molecule has 0 saturated carbocycles. The van der Waals surface area contributed by atoms with Crippen LogP contribution >= 0.6 is 0 Å². The van der Waals surface area contributed by atoms with Crippen molar-refractivity contribution in [1.29, 1.82) is 0 Å². The molecule has 0 aliphatic heterocycles. The second-order valence-corrected chi connectivity index (χ2v) is 8.83. The SMILES string of the molecule is CCNC(=O)c1nnc(-c2cc(C(C)C)c(O)cc2O)n1-c1ccc(Oc2ccc(OC(=O)NC)cc2)cc1. The second-order valence-electron chi connectivity index (χ2n) is 8.83. The Labute approximate surface area is 225 Å². The highest BCUT2D eigenvalue weighted by Gasteiger charge is 2.24. The van der Waals surface area contributed by atoms with E-state index in [4.69, 9.17) is 9.47 Å². The molecule has 0 saturated heterocycles. The van der Waals surface area contributed by atoms with Crippen molar-refractivity contribution in [3.05, 3.63) is 72.1 Å². The molecule has 0 bridgehead atoms. The lowest BCUT2D eigenvalue weighted by molar-refractivity contribution is 0.0943. The summed E-state index contributed by atoms with van der Waals surface area (Å²) < 4.78 is 12.5. The predicted octanol–water partition coefficient (Wildman–Crippen LogP) is 4.73. The molecular formula is C28H29N5O6. The number of hydrogen-bond donors (Lipinski definition) is 4. The number of hydrogen-bond acceptors (Lipinski definition) is 8. The fraction of sp³-hybridized carbons (Fsp3) is 0.214. The molecule has 39 heavy (non-hydrogen) atoms. The monoisotopic (exact) mass is 531 g/mol. The maximum atomic E-state index is 12.8. The molecule has 1 heterocycles. The number of nitrogens with zero attached hydrogens (tertiary/aromatic N) is 3. The second kappa shape index (κ2) is 11.5. The maximum absolute atomic E-state index is 12.8. The van der Waals surface area contributed by atoms with E-state index in [1.165, 1.54) is 17.7 Å². The summed E-state index contributed by atoms with van der Waals surface area (Å²) in [6, 6.07) is 16.3. The zero-order valence-electron chi connectivity index (χ0n) is 21.9. The minimum Gasteiger partial charge on any atom is -0.508 e. The molecule has 0 unspecified atom stereocenters. The molecular weight excluding hydrogens is 502 g/mol. The Hall–Kier alpha value is -5.06. The van der Waals surface area contributed by atoms with Gasteiger partial charge in [0, 0.05) is 25.3 Å². The lowest BCUT2D eigenvalue weighted by atomic mass is 9.98. The van der Waals surface area contributed by atoms with Crippen LogP contribution in [0.4, 0.5) is 4.79 Å². The van der Waals surface area contributed by atoms with E-state index in [-0.39, 0.29) is 29.1 Å². The Morgan fingerprint density at radius 2 is 1.54 bits per heavy atom. The number of nitrogens with one attached hydrogen (secondary N) is 2. The zero-order valence-corrected chi connectivity index (χ0v) is 21.9. The van der Waals surface area contributed by atoms with Gasteiger partial charge in [-0.3, -0.25) is 9.36 Å². The molecule has 4 N–H and O–H groups in total. The van der Waals surface area contributed by atoms with Gasteiger partial charge in [0.2, 0.25) is 5.82 Å². The molecule has 3 aromatic carbocycles. The Bertz CT molecular complexity index is 1480. The van der Waals surface area contributed by atoms with Crippen LogP contribution in [0.1, 0.15) is 42.9 Å². The fourth-order valence-electron chi connectivity index (χ4n) is 3.86. The van der Waals surface area contributed by atoms with E-state index in [9.17, 15) is 19.8 Å². The Kier molecular flexibility index (Phi) is 7.99. The van der Waals surface area contributed by atoms with E-state index in [1.54, 1.807) is 61.5 Å². The summed E-state index contributed by atoms with van der Waals surface area (Å²) in [6.45, 7) is 6.02. The highest BCUT2D eigenvalue weighted by atomic mass is 16.6. The number of aromatic hydroxyl groups is 2. The van der Waals surface area contributed by atoms with Crippen LogP contribution in [0, 0.1) is 0 Å². The Morgan fingerprint density at radius 3 is 2.13 bits per heavy atom. The topological polar surface area (TPSA) is 148 Å². The van der Waals surface area contributed by atoms with Crippen LogP contribution < -0.4 is 20.1 Å². The van der Waals surface area contributed by atoms with Gasteiger partial charge in [-0.25, -0.2) is 4.79 Å². The summed E-state index contributed by atoms with van der Waals surface area (Å²) >= 11 is 0. The number of carbonyl (C=O) groups is 2. The lowest BCUT2D eigenvalue weighted by Gasteiger charge is -2.15. The number of rotatable bonds is 8. The Balaban J connectivity index is 1.69. The van der Waals surface area contributed by atoms with Crippen LogP contribution in [0.15, 0.2) is 60.7 Å². The maximum Gasteiger partial charge on any atom is 0.412 e. The van der Waals surface area contributed by atoms with Crippen LogP contribution in [0.5, 0.6) is 28.7 Å². The van der Waals surface area contributed by atoms with E-state index in [2.05, 4.69) is 20.8 Å². The van der Waals surface area contributed by atoms with Gasteiger partial charge in [0.15, 0.2) is 5.82 Å². The van der Waals surface area contributed by atoms with Gasteiger partial charge in [0.05, 0.1) is 5.56 Å². The quantitative estimate of drug-likeness (QED) is 0.255. The summed E-state index contributed by atoms with van der Waals surface area (Å²) in [5, 5.41) is 34.4. The molecule has 0 spiro atoms. The summed E-state index contributed by atoms with van der Waals surface area (Å²) in [5.74, 6) is 0.989. The first-order valence-electron chi connectivity index (χ1n) is 12.3. The standard InChI is InChI=1S/C28H29N5O6/c1-5-30-27(36)26-32-31-25(22-14-21(16(2)3)23(34)15-24(22)35)33(26)17-6-8-18(9-7-17)38-19-10-12-20(13-11-19)39-28(37)29-4/h6-16,34-35H,5H2,1-4H3,(H,29,37)(H,30,36). The van der Waals surface area contributed by atoms with Crippen molar-refractivity contribution in [2.75, 3.05) is 13.6 Å². The van der Waals surface area contributed by atoms with Crippen molar-refractivity contribution in [1.82, 2.24) is 25.4 Å². The van der Waals surface area contributed by atoms with Crippen LogP contribution in [0.2, 0.25) is 0 Å². The number of phenolic OH excluding ortho intramolecular Hbond substituents is 2. The smallest absolute Gasteiger partial charge is 0.412 e. The Morgan fingerprint density at radius 1 is 0.923 bits per heavy atom. The first-order chi connectivity index (χ1) is 18.7. The normalized spacial score (nSPS) is 10.8. The van der Waals surface area contributed by atoms with Crippen molar-refractivity contribution >= 4 is 12.0 Å². The van der Waals surface area contributed by atoms with E-state index in [0.717, 1.165) is 0 Å². The minimum atomic E-state index is -0.569. The summed E-state index contributed by atoms with van der Waals surface area (Å²) in [6.07, 6.45) is -0.569. The first kappa shape index (κ1) is 27.0. The van der Waals surface area contributed by atoms with Crippen molar-refractivity contribution in [3.8, 4) is 45.8 Å². The number of phenols is 2. The van der Waals surface area contributed by atoms with Crippen molar-refractivity contribution < 1.29 is 29.3 Å². The average molecular weight is 532 g/mol. The molecule has 2 amide bonds. The van der Waals surface area contributed by atoms with Gasteiger partial charge in [-0.2, -0.15) is 0 Å². The van der Waals surface area contributed by atoms with Crippen molar-refractivity contribution in [2.24, 2.45) is 0 Å². The summed E-state index contributed by atoms with van der Waals surface area (Å²) in [7, 11) is 1.47. The van der Waals surface area contributed by atoms with Gasteiger partial charge in [0.25, 0.3) is 5.91 Å². The predicted molar refractivity (Wildman–Crippen MR) is 144 cm³/mol. The molecule has 11 nitrogen and oxygen atoms in total. The third-order valence-corrected chi connectivity index (χ3v) is 5.78. The molecule has 0 fully saturated rings. The molecule has 4 aromatic rings. The number of aromatic nitrogens is 3. The summed E-state index contributed by atoms with van der Waals surface area (Å²) in [4.78, 5) is 24.2. The van der Waals surface area contributed by atoms with E-state index in [0.29, 0.717) is 40.6 Å². The highest BCUT2D eigenvalue weighted by Crippen LogP contribution is 2.38. The van der Waals surface area contributed by atoms with Crippen LogP contribution in [0.3, 0.4) is 0 Å². The third-order valence-electron chi connectivity index (χ3n) is 5.78. The van der Waals surface area contributed by atoms with E-state index >= 15 is 0 Å². The van der Waals surface area contributed by atoms with Crippen molar-refractivity contribution in [3.63, 3.8) is 0 Å². The van der Waals surface area contributed by atoms with Gasteiger partial charge in [0.1, 0.15) is 28.7 Å². The van der Waals surface area contributed by atoms with Crippen LogP contribution in [-0.4, -0.2) is 50.6 Å². The number of benzene rings is 3. The van der Waals surface area contributed by atoms with Gasteiger partial charge < -0.3 is 30.3 Å². The molecule has 4 rings (SSSR count). The van der Waals surface area contributed by atoms with Crippen LogP contribution in [-0.2, 0) is 0 Å². The third kappa shape index (κ3) is 5.93. The molecule has 0 radical (unpaired) electrons. The number of amides is 2. The molecule has 0 atom stereocenters. The first-order valence-corrected chi connectivity index (χ1v) is 12.3. The minimum absolute atomic E-state index is 0.0237. The van der Waals surface area contributed by atoms with E-state index in [1.807, 2.05) is 13.8 Å². The lowest BCUT2D eigenvalue weighted by Crippen LogP contribution is -2.26. The average Bonchev–Trinajstić information content (AvgIpc) is 3.35. The largest absolute Gasteiger partial charge is 0.508 e. The molecule has 0 aliphatic carbocycles.